The zero-order valence-electron chi connectivity index (χ0n) is 31.3. The van der Waals surface area contributed by atoms with E-state index in [4.69, 9.17) is 0 Å². The molecule has 52 heavy (non-hydrogen) atoms. The molecular weight excluding hydrogens is 637 g/mol. The minimum atomic E-state index is -0.0346. The van der Waals surface area contributed by atoms with Crippen molar-refractivity contribution in [3.63, 3.8) is 0 Å². The molecular formula is C48H62N2O2. The van der Waals surface area contributed by atoms with Crippen LogP contribution in [-0.4, -0.2) is 44.3 Å². The highest BCUT2D eigenvalue weighted by molar-refractivity contribution is 5.19. The Balaban J connectivity index is 0.000000162. The molecule has 0 spiro atoms. The molecule has 0 heterocycles. The van der Waals surface area contributed by atoms with Crippen molar-refractivity contribution in [2.75, 3.05) is 0 Å². The van der Waals surface area contributed by atoms with Crippen LogP contribution in [0.3, 0.4) is 0 Å². The van der Waals surface area contributed by atoms with Crippen LogP contribution in [0.15, 0.2) is 121 Å². The van der Waals surface area contributed by atoms with Gasteiger partial charge in [0.05, 0.1) is 12.2 Å². The van der Waals surface area contributed by atoms with Gasteiger partial charge in [0.15, 0.2) is 0 Å². The summed E-state index contributed by atoms with van der Waals surface area (Å²) in [6.45, 7) is 4.04. The lowest BCUT2D eigenvalue weighted by molar-refractivity contribution is 0.0384. The van der Waals surface area contributed by atoms with Crippen molar-refractivity contribution in [2.45, 2.75) is 128 Å². The second-order valence-electron chi connectivity index (χ2n) is 16.5. The van der Waals surface area contributed by atoms with E-state index in [0.717, 1.165) is 26.2 Å². The summed E-state index contributed by atoms with van der Waals surface area (Å²) in [5.74, 6) is 2.30. The number of aliphatic hydroxyl groups is 2. The van der Waals surface area contributed by atoms with Crippen molar-refractivity contribution in [2.24, 2.45) is 23.7 Å². The molecule has 0 unspecified atom stereocenters. The summed E-state index contributed by atoms with van der Waals surface area (Å²) >= 11 is 0. The van der Waals surface area contributed by atoms with E-state index < -0.39 is 0 Å². The molecule has 4 aliphatic carbocycles. The molecule has 276 valence electrons. The zero-order chi connectivity index (χ0) is 35.5. The van der Waals surface area contributed by atoms with E-state index in [9.17, 15) is 10.2 Å². The number of aliphatic hydroxyl groups excluding tert-OH is 2. The maximum absolute atomic E-state index is 10.5. The first-order chi connectivity index (χ1) is 25.6. The van der Waals surface area contributed by atoms with Gasteiger partial charge in [-0.05, 0) is 123 Å². The van der Waals surface area contributed by atoms with Gasteiger partial charge in [0.1, 0.15) is 0 Å². The molecule has 0 aromatic heterocycles. The smallest absolute Gasteiger partial charge is 0.0596 e. The first-order valence-electron chi connectivity index (χ1n) is 20.6. The van der Waals surface area contributed by atoms with Gasteiger partial charge in [0.2, 0.25) is 0 Å². The zero-order valence-corrected chi connectivity index (χ0v) is 31.3. The van der Waals surface area contributed by atoms with Crippen molar-refractivity contribution in [1.82, 2.24) is 9.80 Å². The molecule has 0 amide bonds. The fraction of sp³-hybridized carbons (Fsp3) is 0.500. The molecule has 8 rings (SSSR count). The van der Waals surface area contributed by atoms with Crippen molar-refractivity contribution >= 4 is 0 Å². The summed E-state index contributed by atoms with van der Waals surface area (Å²) in [5.41, 5.74) is 5.57. The Labute approximate surface area is 313 Å². The Morgan fingerprint density at radius 3 is 0.769 bits per heavy atom. The van der Waals surface area contributed by atoms with Gasteiger partial charge in [-0.15, -0.1) is 0 Å². The topological polar surface area (TPSA) is 46.9 Å². The molecule has 4 aromatic rings. The summed E-state index contributed by atoms with van der Waals surface area (Å²) in [4.78, 5) is 5.31. The van der Waals surface area contributed by atoms with Gasteiger partial charge in [-0.2, -0.15) is 0 Å². The number of hydrogen-bond acceptors (Lipinski definition) is 4. The minimum absolute atomic E-state index is 0.0346. The highest BCUT2D eigenvalue weighted by Crippen LogP contribution is 2.42. The summed E-state index contributed by atoms with van der Waals surface area (Å²) in [5, 5.41) is 21.0. The Kier molecular flexibility index (Phi) is 13.3. The second-order valence-corrected chi connectivity index (χ2v) is 16.5. The molecule has 4 aliphatic rings. The molecule has 4 saturated carbocycles. The lowest BCUT2D eigenvalue weighted by atomic mass is 9.80. The molecule has 0 aliphatic heterocycles. The SMILES string of the molecule is O[C@@H](C1CC1)C1CCC(N(Cc2ccccc2)Cc2ccccc2)CC1.O[C@H](C1CC1)C1CCC(N(Cc2ccccc2)Cc2ccccc2)CC1. The average Bonchev–Trinajstić information content (AvgIpc) is 4.14. The normalized spacial score (nSPS) is 24.5. The molecule has 4 aromatic carbocycles. The number of hydrogen-bond donors (Lipinski definition) is 2. The largest absolute Gasteiger partial charge is 0.393 e. The van der Waals surface area contributed by atoms with E-state index >= 15 is 0 Å². The monoisotopic (exact) mass is 698 g/mol. The van der Waals surface area contributed by atoms with E-state index in [2.05, 4.69) is 131 Å². The summed E-state index contributed by atoms with van der Waals surface area (Å²) in [6, 6.07) is 44.6. The first-order valence-corrected chi connectivity index (χ1v) is 20.6. The van der Waals surface area contributed by atoms with Crippen LogP contribution in [0.25, 0.3) is 0 Å². The van der Waals surface area contributed by atoms with Crippen molar-refractivity contribution in [1.29, 1.82) is 0 Å². The van der Waals surface area contributed by atoms with Gasteiger partial charge in [0.25, 0.3) is 0 Å². The fourth-order valence-corrected chi connectivity index (χ4v) is 9.16. The van der Waals surface area contributed by atoms with Crippen LogP contribution in [0.2, 0.25) is 0 Å². The van der Waals surface area contributed by atoms with E-state index in [1.54, 1.807) is 0 Å². The van der Waals surface area contributed by atoms with Crippen LogP contribution in [0, 0.1) is 23.7 Å². The van der Waals surface area contributed by atoms with Gasteiger partial charge < -0.3 is 10.2 Å². The summed E-state index contributed by atoms with van der Waals surface area (Å²) < 4.78 is 0. The third kappa shape index (κ3) is 10.9. The van der Waals surface area contributed by atoms with Crippen LogP contribution in [0.5, 0.6) is 0 Å². The summed E-state index contributed by atoms with van der Waals surface area (Å²) in [7, 11) is 0. The predicted octanol–water partition coefficient (Wildman–Crippen LogP) is 10.0. The maximum atomic E-state index is 10.5. The van der Waals surface area contributed by atoms with E-state index in [1.165, 1.54) is 99.3 Å². The standard InChI is InChI=1S/2C24H31NO/c2*26-24(21-11-12-21)22-13-15-23(16-14-22)25(17-19-7-3-1-4-8-19)18-20-9-5-2-6-10-20/h2*1-10,21-24,26H,11-18H2/t2*22?,23?,24-/m10/s1. The van der Waals surface area contributed by atoms with Gasteiger partial charge in [-0.1, -0.05) is 121 Å². The van der Waals surface area contributed by atoms with Gasteiger partial charge in [-0.25, -0.2) is 0 Å². The molecule has 4 fully saturated rings. The number of nitrogens with zero attached hydrogens (tertiary/aromatic N) is 2. The molecule has 4 heteroatoms. The highest BCUT2D eigenvalue weighted by Gasteiger charge is 2.39. The lowest BCUT2D eigenvalue weighted by Gasteiger charge is -2.38. The highest BCUT2D eigenvalue weighted by atomic mass is 16.3. The average molecular weight is 699 g/mol. The van der Waals surface area contributed by atoms with Crippen molar-refractivity contribution in [3.05, 3.63) is 144 Å². The van der Waals surface area contributed by atoms with Crippen LogP contribution >= 0.6 is 0 Å². The van der Waals surface area contributed by atoms with E-state index in [1.807, 2.05) is 0 Å². The minimum Gasteiger partial charge on any atom is -0.393 e. The lowest BCUT2D eigenvalue weighted by Crippen LogP contribution is -2.39. The molecule has 0 saturated heterocycles. The number of rotatable bonds is 14. The predicted molar refractivity (Wildman–Crippen MR) is 213 cm³/mol. The van der Waals surface area contributed by atoms with Crippen molar-refractivity contribution in [3.8, 4) is 0 Å². The Hall–Kier alpha value is -3.28. The first kappa shape index (κ1) is 37.1. The molecule has 0 bridgehead atoms. The fourth-order valence-electron chi connectivity index (χ4n) is 9.16. The number of benzene rings is 4. The Morgan fingerprint density at radius 2 is 0.558 bits per heavy atom. The van der Waals surface area contributed by atoms with Crippen LogP contribution < -0.4 is 0 Å². The van der Waals surface area contributed by atoms with Gasteiger partial charge >= 0.3 is 0 Å². The van der Waals surface area contributed by atoms with Crippen LogP contribution in [-0.2, 0) is 26.2 Å². The van der Waals surface area contributed by atoms with E-state index in [0.29, 0.717) is 35.8 Å². The van der Waals surface area contributed by atoms with Crippen molar-refractivity contribution < 1.29 is 10.2 Å². The Bertz CT molecular complexity index is 1360. The molecule has 2 atom stereocenters. The quantitative estimate of drug-likeness (QED) is 0.138. The maximum Gasteiger partial charge on any atom is 0.0596 e. The molecule has 4 nitrogen and oxygen atoms in total. The Morgan fingerprint density at radius 1 is 0.346 bits per heavy atom. The van der Waals surface area contributed by atoms with Gasteiger partial charge in [0, 0.05) is 38.3 Å². The van der Waals surface area contributed by atoms with Crippen LogP contribution in [0.1, 0.15) is 99.3 Å². The van der Waals surface area contributed by atoms with E-state index in [-0.39, 0.29) is 12.2 Å². The van der Waals surface area contributed by atoms with Gasteiger partial charge in [-0.3, -0.25) is 9.80 Å². The third-order valence-electron chi connectivity index (χ3n) is 12.6. The molecule has 0 radical (unpaired) electrons. The third-order valence-corrected chi connectivity index (χ3v) is 12.6. The van der Waals surface area contributed by atoms with Crippen LogP contribution in [0.4, 0.5) is 0 Å². The summed E-state index contributed by atoms with van der Waals surface area (Å²) in [6.07, 6.45) is 14.5. The second kappa shape index (κ2) is 18.7. The molecule has 2 N–H and O–H groups in total.